The molecule has 92 valence electrons. The number of hydrogen-bond acceptors (Lipinski definition) is 4. The second-order valence-electron chi connectivity index (χ2n) is 3.72. The van der Waals surface area contributed by atoms with Gasteiger partial charge in [0.15, 0.2) is 0 Å². The van der Waals surface area contributed by atoms with Crippen molar-refractivity contribution in [3.63, 3.8) is 0 Å². The molecular weight excluding hydrogens is 272 g/mol. The third-order valence-corrected chi connectivity index (χ3v) is 8.40. The maximum Gasteiger partial charge on any atom is 0.00454 e. The third-order valence-electron chi connectivity index (χ3n) is 2.34. The maximum atomic E-state index is 2.29. The molecule has 0 radical (unpaired) electrons. The number of rotatable bonds is 0. The first-order chi connectivity index (χ1) is 8.00. The van der Waals surface area contributed by atoms with E-state index in [1.165, 1.54) is 50.7 Å². The van der Waals surface area contributed by atoms with Crippen LogP contribution in [0, 0.1) is 0 Å². The average Bonchev–Trinajstić information content (AvgIpc) is 2.29. The van der Waals surface area contributed by atoms with E-state index in [-0.39, 0.29) is 0 Å². The summed E-state index contributed by atoms with van der Waals surface area (Å²) in [6, 6.07) is 0. The van der Waals surface area contributed by atoms with Gasteiger partial charge in [-0.25, -0.2) is 0 Å². The van der Waals surface area contributed by atoms with Crippen molar-refractivity contribution in [1.82, 2.24) is 0 Å². The lowest BCUT2D eigenvalue weighted by Gasteiger charge is -2.01. The molecule has 0 saturated heterocycles. The fraction of sp³-hybridized carbons (Fsp3) is 0.667. The first kappa shape index (κ1) is 14.9. The van der Waals surface area contributed by atoms with Gasteiger partial charge >= 0.3 is 0 Å². The minimum atomic E-state index is 1.24. The third kappa shape index (κ3) is 10.1. The Hall–Kier alpha value is 0.880. The van der Waals surface area contributed by atoms with Gasteiger partial charge in [0.1, 0.15) is 0 Å². The van der Waals surface area contributed by atoms with Crippen LogP contribution in [0.1, 0.15) is 44.9 Å². The van der Waals surface area contributed by atoms with Gasteiger partial charge in [0, 0.05) is 5.75 Å². The fourth-order valence-electron chi connectivity index (χ4n) is 1.47. The molecule has 0 aliphatic carbocycles. The predicted molar refractivity (Wildman–Crippen MR) is 85.8 cm³/mol. The van der Waals surface area contributed by atoms with E-state index >= 15 is 0 Å². The second-order valence-corrected chi connectivity index (χ2v) is 9.65. The van der Waals surface area contributed by atoms with E-state index in [2.05, 4.69) is 23.6 Å². The zero-order chi connectivity index (χ0) is 11.3. The molecule has 0 aromatic heterocycles. The van der Waals surface area contributed by atoms with Crippen LogP contribution < -0.4 is 0 Å². The molecule has 0 N–H and O–H groups in total. The Kier molecular flexibility index (Phi) is 11.5. The van der Waals surface area contributed by atoms with Crippen molar-refractivity contribution in [3.05, 3.63) is 23.6 Å². The molecule has 0 bridgehead atoms. The summed E-state index contributed by atoms with van der Waals surface area (Å²) in [6.07, 6.45) is 16.3. The summed E-state index contributed by atoms with van der Waals surface area (Å²) < 4.78 is 0. The Morgan fingerprint density at radius 2 is 1.56 bits per heavy atom. The highest BCUT2D eigenvalue weighted by atomic mass is 33.7. The minimum absolute atomic E-state index is 1.24. The van der Waals surface area contributed by atoms with Crippen molar-refractivity contribution in [2.24, 2.45) is 0 Å². The van der Waals surface area contributed by atoms with Gasteiger partial charge in [-0.05, 0) is 44.3 Å². The smallest absolute Gasteiger partial charge is 0.00454 e. The molecule has 1 aliphatic rings. The summed E-state index contributed by atoms with van der Waals surface area (Å²) in [5.41, 5.74) is 0. The van der Waals surface area contributed by atoms with Gasteiger partial charge in [0.25, 0.3) is 0 Å². The van der Waals surface area contributed by atoms with Gasteiger partial charge in [-0.2, -0.15) is 0 Å². The van der Waals surface area contributed by atoms with Gasteiger partial charge in [-0.3, -0.25) is 0 Å². The molecule has 1 aliphatic heterocycles. The molecule has 1 rings (SSSR count). The van der Waals surface area contributed by atoms with Gasteiger partial charge < -0.3 is 0 Å². The monoisotopic (exact) mass is 292 g/mol. The van der Waals surface area contributed by atoms with E-state index in [1.54, 1.807) is 0 Å². The average molecular weight is 293 g/mol. The van der Waals surface area contributed by atoms with Crippen molar-refractivity contribution in [3.8, 4) is 0 Å². The van der Waals surface area contributed by atoms with Crippen LogP contribution in [-0.2, 0) is 0 Å². The Labute approximate surface area is 115 Å². The molecule has 0 saturated carbocycles. The molecule has 0 unspecified atom stereocenters. The normalized spacial score (nSPS) is 26.0. The van der Waals surface area contributed by atoms with Crippen molar-refractivity contribution < 1.29 is 0 Å². The number of allylic oxidation sites excluding steroid dienone is 3. The number of hydrogen-bond donors (Lipinski definition) is 0. The molecule has 1 heterocycles. The summed E-state index contributed by atoms with van der Waals surface area (Å²) in [5, 5.41) is 2.17. The highest BCUT2D eigenvalue weighted by Crippen LogP contribution is 2.43. The Morgan fingerprint density at radius 3 is 2.50 bits per heavy atom. The zero-order valence-corrected chi connectivity index (χ0v) is 12.9. The van der Waals surface area contributed by atoms with Crippen LogP contribution in [0.4, 0.5) is 0 Å². The fourth-order valence-corrected chi connectivity index (χ4v) is 6.83. The standard InChI is InChI=1S/C12H20S4/c1-2-4-6-8-10-12-14-16-15-13-11-9-7-5-3-1/h5,7,9,11H,1-4,6,8,10,12H2/b7-5+,11-9-. The van der Waals surface area contributed by atoms with Gasteiger partial charge in [-0.1, -0.05) is 65.5 Å². The molecule has 0 atom stereocenters. The summed E-state index contributed by atoms with van der Waals surface area (Å²) >= 11 is 0. The van der Waals surface area contributed by atoms with E-state index < -0.39 is 0 Å². The van der Waals surface area contributed by atoms with Crippen LogP contribution >= 0.6 is 41.2 Å². The topological polar surface area (TPSA) is 0 Å². The molecule has 16 heavy (non-hydrogen) atoms. The van der Waals surface area contributed by atoms with Crippen LogP contribution in [0.2, 0.25) is 0 Å². The van der Waals surface area contributed by atoms with Gasteiger partial charge in [0.2, 0.25) is 0 Å². The molecular formula is C12H20S4. The zero-order valence-electron chi connectivity index (χ0n) is 9.60. The molecule has 0 fully saturated rings. The minimum Gasteiger partial charge on any atom is -0.0845 e. The molecule has 0 amide bonds. The Balaban J connectivity index is 2.15. The van der Waals surface area contributed by atoms with Crippen LogP contribution in [0.25, 0.3) is 0 Å². The van der Waals surface area contributed by atoms with E-state index in [0.29, 0.717) is 0 Å². The molecule has 0 nitrogen and oxygen atoms in total. The van der Waals surface area contributed by atoms with E-state index in [4.69, 9.17) is 0 Å². The van der Waals surface area contributed by atoms with Gasteiger partial charge in [-0.15, -0.1) is 0 Å². The Bertz CT molecular complexity index is 179. The van der Waals surface area contributed by atoms with Crippen LogP contribution in [0.5, 0.6) is 0 Å². The van der Waals surface area contributed by atoms with Crippen molar-refractivity contribution in [2.75, 3.05) is 5.75 Å². The lowest BCUT2D eigenvalue weighted by molar-refractivity contribution is 0.613. The van der Waals surface area contributed by atoms with E-state index in [0.717, 1.165) is 0 Å². The molecule has 0 aromatic carbocycles. The lowest BCUT2D eigenvalue weighted by atomic mass is 10.1. The van der Waals surface area contributed by atoms with Gasteiger partial charge in [0.05, 0.1) is 0 Å². The summed E-state index contributed by atoms with van der Waals surface area (Å²) in [7, 11) is 7.59. The van der Waals surface area contributed by atoms with E-state index in [1.807, 2.05) is 41.2 Å². The molecule has 0 aromatic rings. The summed E-state index contributed by atoms with van der Waals surface area (Å²) in [5.74, 6) is 1.31. The van der Waals surface area contributed by atoms with Crippen LogP contribution in [-0.4, -0.2) is 5.75 Å². The SMILES string of the molecule is C1=C\SSSSCCCCCCCC/C=C/1. The van der Waals surface area contributed by atoms with Crippen molar-refractivity contribution >= 4 is 41.2 Å². The summed E-state index contributed by atoms with van der Waals surface area (Å²) in [6.45, 7) is 0. The lowest BCUT2D eigenvalue weighted by Crippen LogP contribution is -1.81. The van der Waals surface area contributed by atoms with Crippen molar-refractivity contribution in [2.45, 2.75) is 44.9 Å². The quantitative estimate of drug-likeness (QED) is 0.468. The largest absolute Gasteiger partial charge is 0.0845 e. The van der Waals surface area contributed by atoms with Crippen molar-refractivity contribution in [1.29, 1.82) is 0 Å². The second kappa shape index (κ2) is 12.3. The van der Waals surface area contributed by atoms with E-state index in [9.17, 15) is 0 Å². The Morgan fingerprint density at radius 1 is 0.750 bits per heavy atom. The molecule has 4 heteroatoms. The maximum absolute atomic E-state index is 2.29. The highest BCUT2D eigenvalue weighted by molar-refractivity contribution is 9.26. The highest BCUT2D eigenvalue weighted by Gasteiger charge is 1.94. The first-order valence-electron chi connectivity index (χ1n) is 5.93. The predicted octanol–water partition coefficient (Wildman–Crippen LogP) is 6.48. The van der Waals surface area contributed by atoms with Crippen LogP contribution in [0.3, 0.4) is 0 Å². The van der Waals surface area contributed by atoms with Crippen LogP contribution in [0.15, 0.2) is 23.6 Å². The summed E-state index contributed by atoms with van der Waals surface area (Å²) in [4.78, 5) is 0. The molecule has 0 spiro atoms. The first-order valence-corrected chi connectivity index (χ1v) is 11.0.